The Kier molecular flexibility index (Phi) is 4.25. The Bertz CT molecular complexity index is 1020. The maximum Gasteiger partial charge on any atom is 0.241 e. The lowest BCUT2D eigenvalue weighted by Crippen LogP contribution is -2.37. The van der Waals surface area contributed by atoms with Gasteiger partial charge in [-0.3, -0.25) is 9.89 Å². The van der Waals surface area contributed by atoms with Crippen molar-refractivity contribution in [1.82, 2.24) is 15.2 Å². The van der Waals surface area contributed by atoms with Gasteiger partial charge in [-0.2, -0.15) is 5.10 Å². The van der Waals surface area contributed by atoms with Gasteiger partial charge in [0, 0.05) is 28.9 Å². The lowest BCUT2D eigenvalue weighted by Gasteiger charge is -2.13. The molecule has 0 aliphatic rings. The number of hydrogen-bond donors (Lipinski definition) is 4. The van der Waals surface area contributed by atoms with E-state index in [2.05, 4.69) is 20.5 Å². The van der Waals surface area contributed by atoms with E-state index in [1.54, 1.807) is 6.20 Å². The number of carbonyl (C=O) groups is 1. The molecule has 26 heavy (non-hydrogen) atoms. The Morgan fingerprint density at radius 3 is 2.73 bits per heavy atom. The minimum atomic E-state index is -0.615. The Morgan fingerprint density at radius 1 is 1.12 bits per heavy atom. The molecule has 0 bridgehead atoms. The number of H-pyrrole nitrogens is 2. The first-order valence-electron chi connectivity index (χ1n) is 8.42. The van der Waals surface area contributed by atoms with Crippen LogP contribution in [0, 0.1) is 0 Å². The van der Waals surface area contributed by atoms with Gasteiger partial charge in [0.2, 0.25) is 5.91 Å². The summed E-state index contributed by atoms with van der Waals surface area (Å²) >= 11 is 0. The zero-order valence-electron chi connectivity index (χ0n) is 14.1. The molecule has 0 spiro atoms. The van der Waals surface area contributed by atoms with Crippen molar-refractivity contribution in [3.8, 4) is 11.1 Å². The van der Waals surface area contributed by atoms with Crippen LogP contribution in [0.25, 0.3) is 22.0 Å². The van der Waals surface area contributed by atoms with E-state index in [0.29, 0.717) is 12.1 Å². The Hall–Kier alpha value is -3.38. The van der Waals surface area contributed by atoms with Crippen molar-refractivity contribution >= 4 is 22.5 Å². The van der Waals surface area contributed by atoms with Crippen molar-refractivity contribution in [2.75, 3.05) is 5.32 Å². The summed E-state index contributed by atoms with van der Waals surface area (Å²) in [5.41, 5.74) is 10.7. The summed E-state index contributed by atoms with van der Waals surface area (Å²) in [4.78, 5) is 15.8. The highest BCUT2D eigenvalue weighted by Gasteiger charge is 2.16. The van der Waals surface area contributed by atoms with Gasteiger partial charge >= 0.3 is 0 Å². The molecular weight excluding hydrogens is 326 g/mol. The van der Waals surface area contributed by atoms with Crippen LogP contribution in [-0.2, 0) is 11.2 Å². The van der Waals surface area contributed by atoms with E-state index in [4.69, 9.17) is 5.73 Å². The summed E-state index contributed by atoms with van der Waals surface area (Å²) in [6.07, 6.45) is 6.01. The van der Waals surface area contributed by atoms with Crippen molar-refractivity contribution in [2.24, 2.45) is 5.73 Å². The molecule has 1 amide bonds. The second-order valence-electron chi connectivity index (χ2n) is 6.20. The highest BCUT2D eigenvalue weighted by atomic mass is 16.2. The molecule has 0 radical (unpaired) electrons. The summed E-state index contributed by atoms with van der Waals surface area (Å²) in [5, 5.41) is 10.8. The van der Waals surface area contributed by atoms with Crippen LogP contribution in [0.4, 0.5) is 5.69 Å². The summed E-state index contributed by atoms with van der Waals surface area (Å²) in [6, 6.07) is 14.9. The lowest BCUT2D eigenvalue weighted by atomic mass is 10.1. The molecule has 4 rings (SSSR count). The first-order valence-corrected chi connectivity index (χ1v) is 8.42. The monoisotopic (exact) mass is 345 g/mol. The van der Waals surface area contributed by atoms with Gasteiger partial charge in [-0.1, -0.05) is 42.5 Å². The number of fused-ring (bicyclic) bond motifs is 1. The van der Waals surface area contributed by atoms with Crippen molar-refractivity contribution in [3.63, 3.8) is 0 Å². The van der Waals surface area contributed by atoms with Gasteiger partial charge in [0.05, 0.1) is 23.4 Å². The zero-order valence-corrected chi connectivity index (χ0v) is 14.1. The third-order valence-electron chi connectivity index (χ3n) is 4.42. The number of amides is 1. The van der Waals surface area contributed by atoms with E-state index in [1.165, 1.54) is 0 Å². The predicted octanol–water partition coefficient (Wildman–Crippen LogP) is 3.07. The highest BCUT2D eigenvalue weighted by Crippen LogP contribution is 2.31. The fraction of sp³-hybridized carbons (Fsp3) is 0.100. The van der Waals surface area contributed by atoms with E-state index < -0.39 is 6.04 Å². The standard InChI is InChI=1S/C20H19N5O/c21-17(9-13-5-2-1-3-6-13)20(26)25-18-8-4-7-15-16(12-22-19(15)18)14-10-23-24-11-14/h1-8,10-12,17,22H,9,21H2,(H,23,24)(H,25,26)/t17-/m1/s1. The smallest absolute Gasteiger partial charge is 0.241 e. The maximum absolute atomic E-state index is 12.5. The minimum absolute atomic E-state index is 0.208. The van der Waals surface area contributed by atoms with Crippen molar-refractivity contribution < 1.29 is 4.79 Å². The van der Waals surface area contributed by atoms with Gasteiger partial charge in [0.15, 0.2) is 0 Å². The van der Waals surface area contributed by atoms with Crippen LogP contribution in [0.2, 0.25) is 0 Å². The molecule has 0 saturated carbocycles. The second-order valence-corrected chi connectivity index (χ2v) is 6.20. The molecular formula is C20H19N5O. The Balaban J connectivity index is 1.56. The van der Waals surface area contributed by atoms with Gasteiger partial charge in [-0.05, 0) is 18.1 Å². The van der Waals surface area contributed by atoms with Crippen LogP contribution < -0.4 is 11.1 Å². The lowest BCUT2D eigenvalue weighted by molar-refractivity contribution is -0.117. The van der Waals surface area contributed by atoms with E-state index >= 15 is 0 Å². The number of rotatable bonds is 5. The number of aromatic nitrogens is 3. The molecule has 6 nitrogen and oxygen atoms in total. The average Bonchev–Trinajstić information content (AvgIpc) is 3.32. The van der Waals surface area contributed by atoms with E-state index in [9.17, 15) is 4.79 Å². The van der Waals surface area contributed by atoms with Crippen LogP contribution in [-0.4, -0.2) is 27.1 Å². The molecule has 0 aliphatic heterocycles. The van der Waals surface area contributed by atoms with Crippen LogP contribution in [0.1, 0.15) is 5.56 Å². The van der Waals surface area contributed by atoms with Crippen LogP contribution >= 0.6 is 0 Å². The second kappa shape index (κ2) is 6.85. The van der Waals surface area contributed by atoms with Crippen LogP contribution in [0.5, 0.6) is 0 Å². The van der Waals surface area contributed by atoms with E-state index in [0.717, 1.165) is 27.6 Å². The molecule has 4 aromatic rings. The van der Waals surface area contributed by atoms with Gasteiger partial charge in [-0.25, -0.2) is 0 Å². The summed E-state index contributed by atoms with van der Waals surface area (Å²) in [6.45, 7) is 0. The summed E-state index contributed by atoms with van der Waals surface area (Å²) < 4.78 is 0. The third-order valence-corrected chi connectivity index (χ3v) is 4.42. The number of nitrogens with zero attached hydrogens (tertiary/aromatic N) is 1. The minimum Gasteiger partial charge on any atom is -0.359 e. The topological polar surface area (TPSA) is 99.6 Å². The average molecular weight is 345 g/mol. The molecule has 0 fully saturated rings. The quantitative estimate of drug-likeness (QED) is 0.447. The van der Waals surface area contributed by atoms with Gasteiger partial charge in [0.1, 0.15) is 0 Å². The number of aromatic amines is 2. The molecule has 0 unspecified atom stereocenters. The third kappa shape index (κ3) is 3.10. The van der Waals surface area contributed by atoms with Gasteiger partial charge < -0.3 is 16.0 Å². The maximum atomic E-state index is 12.5. The number of nitrogens with one attached hydrogen (secondary N) is 3. The number of anilines is 1. The number of benzene rings is 2. The molecule has 2 aromatic carbocycles. The Morgan fingerprint density at radius 2 is 1.96 bits per heavy atom. The summed E-state index contributed by atoms with van der Waals surface area (Å²) in [5.74, 6) is -0.208. The molecule has 130 valence electrons. The number of carbonyl (C=O) groups excluding carboxylic acids is 1. The first-order chi connectivity index (χ1) is 12.7. The first kappa shape index (κ1) is 16.1. The summed E-state index contributed by atoms with van der Waals surface area (Å²) in [7, 11) is 0. The molecule has 2 aromatic heterocycles. The van der Waals surface area contributed by atoms with Gasteiger partial charge in [0.25, 0.3) is 0 Å². The SMILES string of the molecule is N[C@H](Cc1ccccc1)C(=O)Nc1cccc2c(-c3cn[nH]c3)c[nH]c12. The van der Waals surface area contributed by atoms with Gasteiger partial charge in [-0.15, -0.1) is 0 Å². The number of para-hydroxylation sites is 1. The molecule has 2 heterocycles. The number of hydrogen-bond acceptors (Lipinski definition) is 3. The van der Waals surface area contributed by atoms with Crippen molar-refractivity contribution in [2.45, 2.75) is 12.5 Å². The highest BCUT2D eigenvalue weighted by molar-refractivity contribution is 6.06. The molecule has 6 heteroatoms. The van der Waals surface area contributed by atoms with Crippen molar-refractivity contribution in [1.29, 1.82) is 0 Å². The zero-order chi connectivity index (χ0) is 17.9. The van der Waals surface area contributed by atoms with E-state index in [1.807, 2.05) is 60.9 Å². The molecule has 5 N–H and O–H groups in total. The number of nitrogens with two attached hydrogens (primary N) is 1. The molecule has 0 aliphatic carbocycles. The fourth-order valence-corrected chi connectivity index (χ4v) is 3.08. The normalized spacial score (nSPS) is 12.2. The largest absolute Gasteiger partial charge is 0.359 e. The van der Waals surface area contributed by atoms with Crippen LogP contribution in [0.15, 0.2) is 67.1 Å². The van der Waals surface area contributed by atoms with Crippen molar-refractivity contribution in [3.05, 3.63) is 72.7 Å². The van der Waals surface area contributed by atoms with Crippen LogP contribution in [0.3, 0.4) is 0 Å². The fourth-order valence-electron chi connectivity index (χ4n) is 3.08. The van der Waals surface area contributed by atoms with E-state index in [-0.39, 0.29) is 5.91 Å². The Labute approximate surface area is 150 Å². The predicted molar refractivity (Wildman–Crippen MR) is 103 cm³/mol. The molecule has 0 saturated heterocycles. The molecule has 1 atom stereocenters.